The Morgan fingerprint density at radius 2 is 2.00 bits per heavy atom. The molecule has 1 atom stereocenters. The van der Waals surface area contributed by atoms with Crippen LogP contribution in [-0.2, 0) is 4.79 Å². The zero-order valence-corrected chi connectivity index (χ0v) is 9.11. The van der Waals surface area contributed by atoms with Crippen molar-refractivity contribution >= 4 is 5.97 Å². The summed E-state index contributed by atoms with van der Waals surface area (Å²) in [4.78, 5) is 13.3. The van der Waals surface area contributed by atoms with Crippen LogP contribution in [0.3, 0.4) is 0 Å². The van der Waals surface area contributed by atoms with Crippen molar-refractivity contribution < 1.29 is 9.90 Å². The van der Waals surface area contributed by atoms with Gasteiger partial charge in [-0.2, -0.15) is 0 Å². The Morgan fingerprint density at radius 1 is 1.27 bits per heavy atom. The van der Waals surface area contributed by atoms with E-state index in [1.54, 1.807) is 0 Å². The first-order valence-electron chi connectivity index (χ1n) is 5.95. The predicted octanol–water partition coefficient (Wildman–Crippen LogP) is 0.535. The van der Waals surface area contributed by atoms with Crippen LogP contribution in [0.1, 0.15) is 25.7 Å². The molecule has 4 heteroatoms. The molecular weight excluding hydrogens is 192 g/mol. The van der Waals surface area contributed by atoms with Crippen molar-refractivity contribution in [2.45, 2.75) is 31.7 Å². The third-order valence-electron chi connectivity index (χ3n) is 3.63. The van der Waals surface area contributed by atoms with Crippen LogP contribution in [-0.4, -0.2) is 48.2 Å². The number of hydrogen-bond donors (Lipinski definition) is 2. The summed E-state index contributed by atoms with van der Waals surface area (Å²) in [7, 11) is 0. The fourth-order valence-electron chi connectivity index (χ4n) is 2.71. The molecule has 0 aromatic heterocycles. The fourth-order valence-corrected chi connectivity index (χ4v) is 2.71. The molecule has 0 amide bonds. The fraction of sp³-hybridized carbons (Fsp3) is 0.909. The zero-order valence-electron chi connectivity index (χ0n) is 9.11. The molecule has 15 heavy (non-hydrogen) atoms. The van der Waals surface area contributed by atoms with Gasteiger partial charge in [0.05, 0.1) is 5.92 Å². The van der Waals surface area contributed by atoms with E-state index in [0.717, 1.165) is 39.0 Å². The number of likely N-dealkylation sites (tertiary alicyclic amines) is 1. The van der Waals surface area contributed by atoms with Gasteiger partial charge in [-0.3, -0.25) is 9.69 Å². The van der Waals surface area contributed by atoms with Crippen LogP contribution in [0.2, 0.25) is 0 Å². The van der Waals surface area contributed by atoms with E-state index in [1.165, 1.54) is 12.8 Å². The van der Waals surface area contributed by atoms with Gasteiger partial charge in [0, 0.05) is 12.6 Å². The second-order valence-electron chi connectivity index (χ2n) is 4.65. The highest BCUT2D eigenvalue weighted by Gasteiger charge is 2.29. The van der Waals surface area contributed by atoms with Gasteiger partial charge in [-0.15, -0.1) is 0 Å². The van der Waals surface area contributed by atoms with Gasteiger partial charge in [0.2, 0.25) is 0 Å². The highest BCUT2D eigenvalue weighted by molar-refractivity contribution is 5.70. The van der Waals surface area contributed by atoms with Crippen molar-refractivity contribution in [1.29, 1.82) is 0 Å². The molecule has 0 saturated carbocycles. The number of carbonyl (C=O) groups is 1. The average Bonchev–Trinajstić information content (AvgIpc) is 2.30. The van der Waals surface area contributed by atoms with E-state index in [9.17, 15) is 4.79 Å². The molecule has 0 aliphatic carbocycles. The maximum atomic E-state index is 10.9. The average molecular weight is 212 g/mol. The first-order valence-corrected chi connectivity index (χ1v) is 5.95. The van der Waals surface area contributed by atoms with Crippen molar-refractivity contribution in [3.05, 3.63) is 0 Å². The van der Waals surface area contributed by atoms with Crippen molar-refractivity contribution in [3.63, 3.8) is 0 Å². The molecule has 2 heterocycles. The third kappa shape index (κ3) is 2.69. The number of piperidine rings is 2. The van der Waals surface area contributed by atoms with Crippen molar-refractivity contribution in [3.8, 4) is 0 Å². The van der Waals surface area contributed by atoms with Crippen LogP contribution >= 0.6 is 0 Å². The summed E-state index contributed by atoms with van der Waals surface area (Å²) in [6.07, 6.45) is 4.25. The smallest absolute Gasteiger partial charge is 0.307 e. The van der Waals surface area contributed by atoms with Crippen LogP contribution in [0, 0.1) is 5.92 Å². The van der Waals surface area contributed by atoms with E-state index in [1.807, 2.05) is 0 Å². The Labute approximate surface area is 90.6 Å². The Balaban J connectivity index is 1.88. The van der Waals surface area contributed by atoms with Gasteiger partial charge < -0.3 is 10.4 Å². The minimum absolute atomic E-state index is 0.131. The molecule has 0 aromatic carbocycles. The number of carboxylic acids is 1. The number of nitrogens with zero attached hydrogens (tertiary/aromatic N) is 1. The third-order valence-corrected chi connectivity index (χ3v) is 3.63. The lowest BCUT2D eigenvalue weighted by Crippen LogP contribution is -2.48. The largest absolute Gasteiger partial charge is 0.481 e. The molecule has 2 aliphatic rings. The minimum atomic E-state index is -0.617. The van der Waals surface area contributed by atoms with Gasteiger partial charge >= 0.3 is 5.97 Å². The van der Waals surface area contributed by atoms with Gasteiger partial charge in [-0.25, -0.2) is 0 Å². The number of carboxylic acid groups (broad SMARTS) is 1. The van der Waals surface area contributed by atoms with E-state index in [0.29, 0.717) is 6.04 Å². The number of hydrogen-bond acceptors (Lipinski definition) is 3. The summed E-state index contributed by atoms with van der Waals surface area (Å²) < 4.78 is 0. The zero-order chi connectivity index (χ0) is 10.7. The van der Waals surface area contributed by atoms with Crippen LogP contribution in [0.4, 0.5) is 0 Å². The molecule has 2 aliphatic heterocycles. The summed E-state index contributed by atoms with van der Waals surface area (Å²) in [5, 5.41) is 12.4. The maximum absolute atomic E-state index is 10.9. The molecule has 0 aromatic rings. The normalized spacial score (nSPS) is 30.3. The van der Waals surface area contributed by atoms with Gasteiger partial charge in [-0.1, -0.05) is 0 Å². The van der Waals surface area contributed by atoms with E-state index < -0.39 is 5.97 Å². The van der Waals surface area contributed by atoms with Gasteiger partial charge in [0.15, 0.2) is 0 Å². The van der Waals surface area contributed by atoms with Crippen LogP contribution in [0.15, 0.2) is 0 Å². The van der Waals surface area contributed by atoms with Crippen molar-refractivity contribution in [2.24, 2.45) is 5.92 Å². The predicted molar refractivity (Wildman–Crippen MR) is 57.8 cm³/mol. The molecule has 2 fully saturated rings. The van der Waals surface area contributed by atoms with Gasteiger partial charge in [0.1, 0.15) is 0 Å². The van der Waals surface area contributed by atoms with Crippen molar-refractivity contribution in [2.75, 3.05) is 26.2 Å². The lowest BCUT2D eigenvalue weighted by Gasteiger charge is -2.39. The molecule has 4 nitrogen and oxygen atoms in total. The second-order valence-corrected chi connectivity index (χ2v) is 4.65. The van der Waals surface area contributed by atoms with E-state index in [-0.39, 0.29) is 5.92 Å². The van der Waals surface area contributed by atoms with Crippen LogP contribution < -0.4 is 5.32 Å². The monoisotopic (exact) mass is 212 g/mol. The Morgan fingerprint density at radius 3 is 2.67 bits per heavy atom. The number of rotatable bonds is 2. The summed E-state index contributed by atoms with van der Waals surface area (Å²) >= 11 is 0. The lowest BCUT2D eigenvalue weighted by atomic mass is 9.94. The SMILES string of the molecule is O=C(O)C1CCCN(C2CCNCC2)C1. The van der Waals surface area contributed by atoms with Gasteiger partial charge in [0.25, 0.3) is 0 Å². The summed E-state index contributed by atoms with van der Waals surface area (Å²) in [5.74, 6) is -0.748. The van der Waals surface area contributed by atoms with E-state index >= 15 is 0 Å². The van der Waals surface area contributed by atoms with Gasteiger partial charge in [-0.05, 0) is 45.3 Å². The molecule has 0 spiro atoms. The molecule has 2 rings (SSSR count). The molecule has 86 valence electrons. The standard InChI is InChI=1S/C11H20N2O2/c14-11(15)9-2-1-7-13(8-9)10-3-5-12-6-4-10/h9-10,12H,1-8H2,(H,14,15). The topological polar surface area (TPSA) is 52.6 Å². The highest BCUT2D eigenvalue weighted by atomic mass is 16.4. The highest BCUT2D eigenvalue weighted by Crippen LogP contribution is 2.22. The maximum Gasteiger partial charge on any atom is 0.307 e. The summed E-state index contributed by atoms with van der Waals surface area (Å²) in [6.45, 7) is 4.02. The van der Waals surface area contributed by atoms with E-state index in [4.69, 9.17) is 5.11 Å². The summed E-state index contributed by atoms with van der Waals surface area (Å²) in [5.41, 5.74) is 0. The first kappa shape index (κ1) is 10.9. The molecule has 0 radical (unpaired) electrons. The molecule has 1 unspecified atom stereocenters. The minimum Gasteiger partial charge on any atom is -0.481 e. The second kappa shape index (κ2) is 4.94. The summed E-state index contributed by atoms with van der Waals surface area (Å²) in [6, 6.07) is 0.619. The lowest BCUT2D eigenvalue weighted by molar-refractivity contribution is -0.144. The molecule has 2 saturated heterocycles. The van der Waals surface area contributed by atoms with Crippen LogP contribution in [0.25, 0.3) is 0 Å². The Hall–Kier alpha value is -0.610. The number of nitrogens with one attached hydrogen (secondary N) is 1. The van der Waals surface area contributed by atoms with Crippen molar-refractivity contribution in [1.82, 2.24) is 10.2 Å². The molecule has 0 bridgehead atoms. The quantitative estimate of drug-likeness (QED) is 0.701. The molecular formula is C11H20N2O2. The van der Waals surface area contributed by atoms with Crippen LogP contribution in [0.5, 0.6) is 0 Å². The van der Waals surface area contributed by atoms with E-state index in [2.05, 4.69) is 10.2 Å². The first-order chi connectivity index (χ1) is 7.27. The molecule has 2 N–H and O–H groups in total. The Kier molecular flexibility index (Phi) is 3.59. The Bertz CT molecular complexity index is 227. The number of aliphatic carboxylic acids is 1.